The van der Waals surface area contributed by atoms with Crippen LogP contribution in [-0.2, 0) is 22.4 Å². The highest BCUT2D eigenvalue weighted by Gasteiger charge is 2.31. The van der Waals surface area contributed by atoms with Gasteiger partial charge in [-0.3, -0.25) is 4.79 Å². The smallest absolute Gasteiger partial charge is 0.326 e. The van der Waals surface area contributed by atoms with Crippen molar-refractivity contribution in [3.8, 4) is 0 Å². The van der Waals surface area contributed by atoms with Gasteiger partial charge in [0.2, 0.25) is 5.91 Å². The Balaban J connectivity index is 0.00000280. The number of hydrogen-bond donors (Lipinski definition) is 4. The molecule has 0 aliphatic carbocycles. The molecule has 5 N–H and O–H groups in total. The first-order valence-electron chi connectivity index (χ1n) is 9.22. The van der Waals surface area contributed by atoms with Gasteiger partial charge in [0.05, 0.1) is 12.5 Å². The van der Waals surface area contributed by atoms with E-state index in [1.54, 1.807) is 0 Å². The Morgan fingerprint density at radius 1 is 1.11 bits per heavy atom. The number of nitrogens with two attached hydrogens (primary N) is 1. The zero-order valence-corrected chi connectivity index (χ0v) is 16.4. The van der Waals surface area contributed by atoms with E-state index in [0.29, 0.717) is 13.0 Å². The number of nitrogens with one attached hydrogen (secondary N) is 2. The first-order chi connectivity index (χ1) is 13.1. The van der Waals surface area contributed by atoms with Crippen molar-refractivity contribution in [1.82, 2.24) is 5.32 Å². The van der Waals surface area contributed by atoms with Crippen LogP contribution in [0.1, 0.15) is 35.6 Å². The van der Waals surface area contributed by atoms with Gasteiger partial charge in [-0.15, -0.1) is 12.4 Å². The number of halogens is 1. The van der Waals surface area contributed by atoms with Crippen LogP contribution in [-0.4, -0.2) is 29.6 Å². The third-order valence-electron chi connectivity index (χ3n) is 4.83. The predicted molar refractivity (Wildman–Crippen MR) is 112 cm³/mol. The Kier molecular flexibility index (Phi) is 7.84. The number of carboxylic acid groups (broad SMARTS) is 1. The SMILES string of the molecule is Cl.NCCCc1ccc(CC(=O)NC2CC(C(=O)O)Nc3ccccc32)cc1. The number of rotatable bonds is 7. The van der Waals surface area contributed by atoms with E-state index in [2.05, 4.69) is 10.6 Å². The highest BCUT2D eigenvalue weighted by Crippen LogP contribution is 2.32. The molecule has 2 aromatic carbocycles. The van der Waals surface area contributed by atoms with Gasteiger partial charge >= 0.3 is 5.97 Å². The van der Waals surface area contributed by atoms with E-state index in [9.17, 15) is 14.7 Å². The standard InChI is InChI=1S/C21H25N3O3.ClH/c22-11-3-4-14-7-9-15(10-8-14)12-20(25)24-18-13-19(21(26)27)23-17-6-2-1-5-16(17)18;/h1-2,5-10,18-19,23H,3-4,11-13,22H2,(H,24,25)(H,26,27);1H. The van der Waals surface area contributed by atoms with Crippen molar-refractivity contribution >= 4 is 30.0 Å². The molecule has 7 heteroatoms. The summed E-state index contributed by atoms with van der Waals surface area (Å²) < 4.78 is 0. The maximum Gasteiger partial charge on any atom is 0.326 e. The van der Waals surface area contributed by atoms with Gasteiger partial charge in [-0.05, 0) is 42.1 Å². The van der Waals surface area contributed by atoms with Crippen LogP contribution in [0, 0.1) is 0 Å². The number of aliphatic carboxylic acids is 1. The van der Waals surface area contributed by atoms with Crippen LogP contribution in [0.25, 0.3) is 0 Å². The Morgan fingerprint density at radius 2 is 1.79 bits per heavy atom. The molecule has 0 radical (unpaired) electrons. The minimum Gasteiger partial charge on any atom is -0.480 e. The predicted octanol–water partition coefficient (Wildman–Crippen LogP) is 2.67. The molecule has 0 spiro atoms. The molecule has 0 saturated carbocycles. The van der Waals surface area contributed by atoms with E-state index in [4.69, 9.17) is 5.73 Å². The lowest BCUT2D eigenvalue weighted by molar-refractivity contribution is -0.138. The number of hydrogen-bond acceptors (Lipinski definition) is 4. The number of anilines is 1. The van der Waals surface area contributed by atoms with Gasteiger partial charge in [-0.1, -0.05) is 42.5 Å². The molecule has 1 amide bonds. The van der Waals surface area contributed by atoms with E-state index in [1.165, 1.54) is 5.56 Å². The lowest BCUT2D eigenvalue weighted by atomic mass is 9.92. The number of aryl methyl sites for hydroxylation is 1. The van der Waals surface area contributed by atoms with Crippen molar-refractivity contribution in [2.75, 3.05) is 11.9 Å². The van der Waals surface area contributed by atoms with E-state index in [1.807, 2.05) is 48.5 Å². The van der Waals surface area contributed by atoms with Gasteiger partial charge < -0.3 is 21.5 Å². The van der Waals surface area contributed by atoms with E-state index >= 15 is 0 Å². The van der Waals surface area contributed by atoms with Gasteiger partial charge in [-0.2, -0.15) is 0 Å². The second kappa shape index (κ2) is 10.1. The first-order valence-corrected chi connectivity index (χ1v) is 9.22. The van der Waals surface area contributed by atoms with Crippen LogP contribution in [0.4, 0.5) is 5.69 Å². The monoisotopic (exact) mass is 403 g/mol. The molecule has 0 saturated heterocycles. The molecule has 2 aromatic rings. The number of benzene rings is 2. The van der Waals surface area contributed by atoms with Gasteiger partial charge in [0, 0.05) is 12.1 Å². The summed E-state index contributed by atoms with van der Waals surface area (Å²) in [5, 5.41) is 15.4. The summed E-state index contributed by atoms with van der Waals surface area (Å²) in [4.78, 5) is 23.9. The molecular formula is C21H26ClN3O3. The van der Waals surface area contributed by atoms with Crippen LogP contribution >= 0.6 is 12.4 Å². The number of amides is 1. The van der Waals surface area contributed by atoms with Crippen molar-refractivity contribution in [3.63, 3.8) is 0 Å². The number of carbonyl (C=O) groups is 2. The number of fused-ring (bicyclic) bond motifs is 1. The van der Waals surface area contributed by atoms with Crippen LogP contribution in [0.2, 0.25) is 0 Å². The van der Waals surface area contributed by atoms with Crippen LogP contribution in [0.3, 0.4) is 0 Å². The average Bonchev–Trinajstić information content (AvgIpc) is 2.67. The summed E-state index contributed by atoms with van der Waals surface area (Å²) in [6, 6.07) is 14.4. The molecule has 2 unspecified atom stereocenters. The molecule has 1 aliphatic rings. The van der Waals surface area contributed by atoms with Crippen molar-refractivity contribution in [2.24, 2.45) is 5.73 Å². The molecule has 1 heterocycles. The molecule has 1 aliphatic heterocycles. The van der Waals surface area contributed by atoms with Crippen LogP contribution in [0.15, 0.2) is 48.5 Å². The third kappa shape index (κ3) is 5.47. The zero-order chi connectivity index (χ0) is 19.2. The molecular weight excluding hydrogens is 378 g/mol. The molecule has 2 atom stereocenters. The maximum atomic E-state index is 12.5. The van der Waals surface area contributed by atoms with Gasteiger partial charge in [0.1, 0.15) is 6.04 Å². The lowest BCUT2D eigenvalue weighted by Crippen LogP contribution is -2.41. The molecule has 0 bridgehead atoms. The Bertz CT molecular complexity index is 811. The van der Waals surface area contributed by atoms with Crippen LogP contribution in [0.5, 0.6) is 0 Å². The second-order valence-electron chi connectivity index (χ2n) is 6.86. The van der Waals surface area contributed by atoms with Crippen molar-refractivity contribution < 1.29 is 14.7 Å². The quantitative estimate of drug-likeness (QED) is 0.569. The number of para-hydroxylation sites is 1. The fourth-order valence-corrected chi connectivity index (χ4v) is 3.40. The molecule has 6 nitrogen and oxygen atoms in total. The van der Waals surface area contributed by atoms with E-state index < -0.39 is 12.0 Å². The Hall–Kier alpha value is -2.57. The van der Waals surface area contributed by atoms with Gasteiger partial charge in [-0.25, -0.2) is 4.79 Å². The number of carbonyl (C=O) groups excluding carboxylic acids is 1. The summed E-state index contributed by atoms with van der Waals surface area (Å²) in [7, 11) is 0. The molecule has 150 valence electrons. The minimum atomic E-state index is -0.920. The summed E-state index contributed by atoms with van der Waals surface area (Å²) in [6.07, 6.45) is 2.46. The van der Waals surface area contributed by atoms with Gasteiger partial charge in [0.15, 0.2) is 0 Å². The lowest BCUT2D eigenvalue weighted by Gasteiger charge is -2.31. The summed E-state index contributed by atoms with van der Waals surface area (Å²) in [5.41, 5.74) is 9.34. The molecule has 3 rings (SSSR count). The summed E-state index contributed by atoms with van der Waals surface area (Å²) >= 11 is 0. The largest absolute Gasteiger partial charge is 0.480 e. The average molecular weight is 404 g/mol. The van der Waals surface area contributed by atoms with E-state index in [-0.39, 0.29) is 30.8 Å². The zero-order valence-electron chi connectivity index (χ0n) is 15.6. The minimum absolute atomic E-state index is 0. The molecule has 0 fully saturated rings. The van der Waals surface area contributed by atoms with Gasteiger partial charge in [0.25, 0.3) is 0 Å². The molecule has 28 heavy (non-hydrogen) atoms. The first kappa shape index (κ1) is 21.7. The van der Waals surface area contributed by atoms with Crippen molar-refractivity contribution in [3.05, 3.63) is 65.2 Å². The highest BCUT2D eigenvalue weighted by atomic mass is 35.5. The Labute approximate surface area is 170 Å². The normalized spacial score (nSPS) is 17.6. The third-order valence-corrected chi connectivity index (χ3v) is 4.83. The summed E-state index contributed by atoms with van der Waals surface area (Å²) in [5.74, 6) is -1.03. The summed E-state index contributed by atoms with van der Waals surface area (Å²) in [6.45, 7) is 0.666. The van der Waals surface area contributed by atoms with Crippen LogP contribution < -0.4 is 16.4 Å². The topological polar surface area (TPSA) is 104 Å². The van der Waals surface area contributed by atoms with Crippen molar-refractivity contribution in [2.45, 2.75) is 37.8 Å². The van der Waals surface area contributed by atoms with E-state index in [0.717, 1.165) is 29.7 Å². The fraction of sp³-hybridized carbons (Fsp3) is 0.333. The maximum absolute atomic E-state index is 12.5. The second-order valence-corrected chi connectivity index (χ2v) is 6.86. The highest BCUT2D eigenvalue weighted by molar-refractivity contribution is 5.85. The fourth-order valence-electron chi connectivity index (χ4n) is 3.40. The number of carboxylic acids is 1. The Morgan fingerprint density at radius 3 is 2.46 bits per heavy atom. The molecule has 0 aromatic heterocycles. The van der Waals surface area contributed by atoms with Crippen molar-refractivity contribution in [1.29, 1.82) is 0 Å².